The Hall–Kier alpha value is -1.77. The summed E-state index contributed by atoms with van der Waals surface area (Å²) in [6, 6.07) is 0. The number of carbonyl (C=O) groups excluding carboxylic acids is 4. The third-order valence-corrected chi connectivity index (χ3v) is 3.30. The molecule has 0 aromatic carbocycles. The Labute approximate surface area is 145 Å². The first-order valence-electron chi connectivity index (χ1n) is 7.70. The van der Waals surface area contributed by atoms with Crippen LogP contribution in [0.1, 0.15) is 53.4 Å². The summed E-state index contributed by atoms with van der Waals surface area (Å²) in [6.07, 6.45) is -1.02. The molecule has 0 aliphatic heterocycles. The Morgan fingerprint density at radius 2 is 1.25 bits per heavy atom. The van der Waals surface area contributed by atoms with Crippen molar-refractivity contribution < 1.29 is 38.1 Å². The molecule has 0 heterocycles. The minimum atomic E-state index is -0.948. The summed E-state index contributed by atoms with van der Waals surface area (Å²) in [4.78, 5) is 45.0. The number of carbonyl (C=O) groups is 4. The first-order valence-corrected chi connectivity index (χ1v) is 8.68. The molecule has 138 valence electrons. The second-order valence-electron chi connectivity index (χ2n) is 4.63. The minimum absolute atomic E-state index is 0.0780. The summed E-state index contributed by atoms with van der Waals surface area (Å²) in [6.45, 7) is 6.17. The molecule has 0 aliphatic carbocycles. The number of rotatable bonds is 10. The molecule has 8 nitrogen and oxygen atoms in total. The van der Waals surface area contributed by atoms with Crippen LogP contribution in [0.15, 0.2) is 0 Å². The van der Waals surface area contributed by atoms with E-state index in [-0.39, 0.29) is 19.3 Å². The van der Waals surface area contributed by atoms with Gasteiger partial charge in [-0.1, -0.05) is 13.8 Å². The number of hydrogen-bond acceptors (Lipinski definition) is 9. The summed E-state index contributed by atoms with van der Waals surface area (Å²) in [7, 11) is 0. The molecule has 0 rings (SSSR count). The van der Waals surface area contributed by atoms with Crippen molar-refractivity contribution in [1.82, 2.24) is 0 Å². The maximum absolute atomic E-state index is 11.5. The van der Waals surface area contributed by atoms with Gasteiger partial charge in [0.25, 0.3) is 0 Å². The van der Waals surface area contributed by atoms with Gasteiger partial charge in [0.1, 0.15) is 0 Å². The first-order chi connectivity index (χ1) is 11.3. The molecule has 0 spiro atoms. The molecule has 0 aliphatic rings. The molecule has 0 bridgehead atoms. The Kier molecular flexibility index (Phi) is 11.7. The van der Waals surface area contributed by atoms with Crippen molar-refractivity contribution >= 4 is 35.0 Å². The lowest BCUT2D eigenvalue weighted by Crippen LogP contribution is -2.21. The van der Waals surface area contributed by atoms with Gasteiger partial charge in [0, 0.05) is 38.9 Å². The quantitative estimate of drug-likeness (QED) is 0.328. The molecule has 24 heavy (non-hydrogen) atoms. The van der Waals surface area contributed by atoms with Gasteiger partial charge in [0.15, 0.2) is 0 Å². The number of thioether (sulfide) groups is 1. The van der Waals surface area contributed by atoms with Gasteiger partial charge in [-0.3, -0.25) is 14.4 Å². The maximum Gasteiger partial charge on any atom is 0.370 e. The molecule has 0 saturated carbocycles. The van der Waals surface area contributed by atoms with Gasteiger partial charge < -0.3 is 18.9 Å². The molecule has 0 aromatic rings. The van der Waals surface area contributed by atoms with Crippen LogP contribution >= 0.6 is 11.8 Å². The standard InChI is InChI=1S/C15H24O8S/c1-5-12(16)20-10(3)22-14(18)8-7-9-24-15(19)23-11(4)21-13(17)6-2/h10-11H,5-9H2,1-4H3/t10-,11-/m0/s1. The molecule has 0 radical (unpaired) electrons. The van der Waals surface area contributed by atoms with Crippen molar-refractivity contribution in [1.29, 1.82) is 0 Å². The van der Waals surface area contributed by atoms with E-state index in [4.69, 9.17) is 18.9 Å². The second-order valence-corrected chi connectivity index (χ2v) is 5.66. The van der Waals surface area contributed by atoms with Crippen LogP contribution in [-0.4, -0.2) is 41.5 Å². The van der Waals surface area contributed by atoms with E-state index in [2.05, 4.69) is 0 Å². The van der Waals surface area contributed by atoms with E-state index in [9.17, 15) is 19.2 Å². The summed E-state index contributed by atoms with van der Waals surface area (Å²) >= 11 is 0.869. The molecule has 0 saturated heterocycles. The third kappa shape index (κ3) is 11.8. The van der Waals surface area contributed by atoms with E-state index in [1.165, 1.54) is 13.8 Å². The van der Waals surface area contributed by atoms with Crippen LogP contribution in [-0.2, 0) is 33.3 Å². The van der Waals surface area contributed by atoms with E-state index < -0.39 is 35.8 Å². The van der Waals surface area contributed by atoms with Crippen molar-refractivity contribution in [3.05, 3.63) is 0 Å². The van der Waals surface area contributed by atoms with Crippen LogP contribution in [0, 0.1) is 0 Å². The van der Waals surface area contributed by atoms with Crippen LogP contribution in [0.25, 0.3) is 0 Å². The smallest absolute Gasteiger partial charge is 0.370 e. The molecule has 0 N–H and O–H groups in total. The molecule has 0 fully saturated rings. The van der Waals surface area contributed by atoms with Gasteiger partial charge >= 0.3 is 23.2 Å². The molecule has 0 amide bonds. The van der Waals surface area contributed by atoms with Crippen LogP contribution in [0.4, 0.5) is 4.79 Å². The van der Waals surface area contributed by atoms with E-state index >= 15 is 0 Å². The molecule has 2 atom stereocenters. The second kappa shape index (κ2) is 12.6. The molecule has 0 unspecified atom stereocenters. The Morgan fingerprint density at radius 1 is 0.792 bits per heavy atom. The fourth-order valence-electron chi connectivity index (χ4n) is 1.37. The lowest BCUT2D eigenvalue weighted by atomic mass is 10.3. The van der Waals surface area contributed by atoms with Gasteiger partial charge in [-0.2, -0.15) is 0 Å². The maximum atomic E-state index is 11.5. The van der Waals surface area contributed by atoms with Crippen LogP contribution in [0.3, 0.4) is 0 Å². The highest BCUT2D eigenvalue weighted by atomic mass is 32.2. The average Bonchev–Trinajstić information content (AvgIpc) is 2.50. The van der Waals surface area contributed by atoms with E-state index in [1.807, 2.05) is 0 Å². The molecular weight excluding hydrogens is 340 g/mol. The highest BCUT2D eigenvalue weighted by molar-refractivity contribution is 8.13. The van der Waals surface area contributed by atoms with Crippen molar-refractivity contribution in [3.63, 3.8) is 0 Å². The van der Waals surface area contributed by atoms with Gasteiger partial charge in [-0.05, 0) is 18.2 Å². The highest BCUT2D eigenvalue weighted by Crippen LogP contribution is 2.12. The normalized spacial score (nSPS) is 12.7. The van der Waals surface area contributed by atoms with E-state index in [0.29, 0.717) is 12.2 Å². The zero-order chi connectivity index (χ0) is 18.5. The Balaban J connectivity index is 3.80. The fraction of sp³-hybridized carbons (Fsp3) is 0.733. The van der Waals surface area contributed by atoms with Crippen molar-refractivity contribution in [2.75, 3.05) is 5.75 Å². The molecule has 9 heteroatoms. The lowest BCUT2D eigenvalue weighted by Gasteiger charge is -2.14. The van der Waals surface area contributed by atoms with Crippen molar-refractivity contribution in [2.24, 2.45) is 0 Å². The van der Waals surface area contributed by atoms with Gasteiger partial charge in [0.2, 0.25) is 12.6 Å². The van der Waals surface area contributed by atoms with E-state index in [1.54, 1.807) is 13.8 Å². The zero-order valence-electron chi connectivity index (χ0n) is 14.4. The van der Waals surface area contributed by atoms with E-state index in [0.717, 1.165) is 11.8 Å². The topological polar surface area (TPSA) is 105 Å². The van der Waals surface area contributed by atoms with Crippen LogP contribution in [0.5, 0.6) is 0 Å². The predicted octanol–water partition coefficient (Wildman–Crippen LogP) is 2.78. The Bertz CT molecular complexity index is 397. The minimum Gasteiger partial charge on any atom is -0.425 e. The van der Waals surface area contributed by atoms with Gasteiger partial charge in [-0.15, -0.1) is 0 Å². The average molecular weight is 364 g/mol. The first kappa shape index (κ1) is 22.2. The predicted molar refractivity (Wildman–Crippen MR) is 86.0 cm³/mol. The fourth-order valence-corrected chi connectivity index (χ4v) is 2.03. The van der Waals surface area contributed by atoms with Crippen molar-refractivity contribution in [2.45, 2.75) is 66.0 Å². The van der Waals surface area contributed by atoms with Crippen LogP contribution in [0.2, 0.25) is 0 Å². The number of ether oxygens (including phenoxy) is 4. The zero-order valence-corrected chi connectivity index (χ0v) is 15.2. The largest absolute Gasteiger partial charge is 0.425 e. The highest BCUT2D eigenvalue weighted by Gasteiger charge is 2.15. The number of hydrogen-bond donors (Lipinski definition) is 0. The summed E-state index contributed by atoms with van der Waals surface area (Å²) < 4.78 is 19.3. The van der Waals surface area contributed by atoms with Gasteiger partial charge in [-0.25, -0.2) is 4.79 Å². The SMILES string of the molecule is CCC(=O)O[C@H](C)OC(=O)CCCSC(=O)O[C@@H](C)OC(=O)CC. The third-order valence-electron chi connectivity index (χ3n) is 2.48. The summed E-state index contributed by atoms with van der Waals surface area (Å²) in [5, 5.41) is -0.593. The van der Waals surface area contributed by atoms with Crippen molar-refractivity contribution in [3.8, 4) is 0 Å². The summed E-state index contributed by atoms with van der Waals surface area (Å²) in [5.41, 5.74) is 0. The number of esters is 3. The monoisotopic (exact) mass is 364 g/mol. The Morgan fingerprint density at radius 3 is 1.75 bits per heavy atom. The lowest BCUT2D eigenvalue weighted by molar-refractivity contribution is -0.184. The van der Waals surface area contributed by atoms with Gasteiger partial charge in [0.05, 0.1) is 0 Å². The summed E-state index contributed by atoms with van der Waals surface area (Å²) in [5.74, 6) is -1.09. The molecular formula is C15H24O8S. The van der Waals surface area contributed by atoms with Crippen LogP contribution < -0.4 is 0 Å². The molecule has 0 aromatic heterocycles.